The molecule has 416 valence electrons. The molecule has 0 bridgehead atoms. The van der Waals surface area contributed by atoms with Gasteiger partial charge in [0, 0.05) is 48.7 Å². The number of fused-ring (bicyclic) bond motifs is 13. The SMILES string of the molecule is [2H]C1([2H])c2ccccc2C2(c3ccccc3-c3c(-c4cccc(-c5cc(C(C)(C)C)cc(C(C)(C)C)c5)c4N4CN(c5cccc(Oc6ccc7c8ccccc8n(-c8cc(C(C)(C)C)ccn8)c7c6)c5)c5ccccc54)cccc32)c2ccccc21. The molecule has 85 heavy (non-hydrogen) atoms. The largest absolute Gasteiger partial charge is 0.457 e. The highest BCUT2D eigenvalue weighted by Crippen LogP contribution is 2.62. The number of para-hydroxylation sites is 4. The van der Waals surface area contributed by atoms with Crippen LogP contribution in [0.25, 0.3) is 61.0 Å². The van der Waals surface area contributed by atoms with Crippen LogP contribution in [0.15, 0.2) is 237 Å². The zero-order valence-corrected chi connectivity index (χ0v) is 49.9. The van der Waals surface area contributed by atoms with E-state index in [0.717, 1.165) is 95.4 Å². The molecule has 3 aliphatic rings. The Morgan fingerprint density at radius 1 is 0.435 bits per heavy atom. The highest BCUT2D eigenvalue weighted by Gasteiger charge is 2.50. The van der Waals surface area contributed by atoms with Crippen LogP contribution in [-0.4, -0.2) is 16.2 Å². The first-order valence-electron chi connectivity index (χ1n) is 31.0. The molecular weight excluding hydrogens is 1030 g/mol. The van der Waals surface area contributed by atoms with Crippen molar-refractivity contribution in [1.29, 1.82) is 0 Å². The number of pyridine rings is 1. The summed E-state index contributed by atoms with van der Waals surface area (Å²) >= 11 is 0. The quantitative estimate of drug-likeness (QED) is 0.159. The number of benzene rings is 10. The lowest BCUT2D eigenvalue weighted by Gasteiger charge is -2.40. The Kier molecular flexibility index (Phi) is 11.4. The van der Waals surface area contributed by atoms with E-state index >= 15 is 0 Å². The van der Waals surface area contributed by atoms with Gasteiger partial charge in [0.25, 0.3) is 0 Å². The van der Waals surface area contributed by atoms with Crippen molar-refractivity contribution in [2.24, 2.45) is 0 Å². The molecule has 1 spiro atoms. The summed E-state index contributed by atoms with van der Waals surface area (Å²) in [5.41, 5.74) is 21.8. The van der Waals surface area contributed by atoms with E-state index in [0.29, 0.717) is 17.8 Å². The van der Waals surface area contributed by atoms with Crippen molar-refractivity contribution in [2.45, 2.75) is 90.3 Å². The zero-order chi connectivity index (χ0) is 59.9. The van der Waals surface area contributed by atoms with Crippen LogP contribution < -0.4 is 14.5 Å². The van der Waals surface area contributed by atoms with Gasteiger partial charge in [0.1, 0.15) is 24.0 Å². The molecule has 15 rings (SSSR count). The third-order valence-corrected chi connectivity index (χ3v) is 18.2. The monoisotopic (exact) mass is 1100 g/mol. The molecule has 2 aliphatic carbocycles. The molecule has 10 aromatic carbocycles. The lowest BCUT2D eigenvalue weighted by molar-refractivity contribution is 0.483. The van der Waals surface area contributed by atoms with Crippen molar-refractivity contribution in [2.75, 3.05) is 16.5 Å². The smallest absolute Gasteiger partial charge is 0.137 e. The molecule has 0 amide bonds. The van der Waals surface area contributed by atoms with Crippen LogP contribution in [-0.2, 0) is 28.0 Å². The second-order valence-corrected chi connectivity index (χ2v) is 26.5. The van der Waals surface area contributed by atoms with Gasteiger partial charge < -0.3 is 14.5 Å². The Balaban J connectivity index is 0.901. The van der Waals surface area contributed by atoms with Crippen LogP contribution in [0.2, 0.25) is 0 Å². The number of ether oxygens (including phenoxy) is 1. The number of rotatable bonds is 7. The van der Waals surface area contributed by atoms with Gasteiger partial charge in [-0.1, -0.05) is 226 Å². The van der Waals surface area contributed by atoms with Crippen molar-refractivity contribution in [3.05, 3.63) is 287 Å². The Bertz CT molecular complexity index is 4700. The highest BCUT2D eigenvalue weighted by molar-refractivity contribution is 6.10. The van der Waals surface area contributed by atoms with Crippen LogP contribution >= 0.6 is 0 Å². The maximum absolute atomic E-state index is 9.76. The van der Waals surface area contributed by atoms with Crippen LogP contribution in [0, 0.1) is 0 Å². The molecule has 3 heterocycles. The van der Waals surface area contributed by atoms with Crippen LogP contribution in [0.1, 0.15) is 115 Å². The second kappa shape index (κ2) is 19.3. The van der Waals surface area contributed by atoms with E-state index in [-0.39, 0.29) is 16.2 Å². The summed E-state index contributed by atoms with van der Waals surface area (Å²) in [5, 5.41) is 2.31. The molecule has 0 saturated heterocycles. The van der Waals surface area contributed by atoms with Crippen LogP contribution in [0.3, 0.4) is 0 Å². The second-order valence-electron chi connectivity index (χ2n) is 26.5. The number of nitrogens with zero attached hydrogens (tertiary/aromatic N) is 4. The van der Waals surface area contributed by atoms with Gasteiger partial charge in [0.2, 0.25) is 0 Å². The first kappa shape index (κ1) is 50.1. The molecular formula is C80H70N4O. The molecule has 5 nitrogen and oxygen atoms in total. The van der Waals surface area contributed by atoms with E-state index in [1.165, 1.54) is 38.8 Å². The van der Waals surface area contributed by atoms with Gasteiger partial charge in [-0.3, -0.25) is 4.57 Å². The van der Waals surface area contributed by atoms with E-state index < -0.39 is 11.8 Å². The number of aromatic nitrogens is 2. The van der Waals surface area contributed by atoms with Crippen LogP contribution in [0.4, 0.5) is 22.7 Å². The molecule has 0 atom stereocenters. The fourth-order valence-electron chi connectivity index (χ4n) is 13.9. The van der Waals surface area contributed by atoms with E-state index in [1.54, 1.807) is 0 Å². The summed E-state index contributed by atoms with van der Waals surface area (Å²) < 4.78 is 28.8. The number of hydrogen-bond donors (Lipinski definition) is 0. The van der Waals surface area contributed by atoms with Gasteiger partial charge in [-0.25, -0.2) is 4.98 Å². The Labute approximate surface area is 503 Å². The minimum absolute atomic E-state index is 0.0417. The Morgan fingerprint density at radius 3 is 1.73 bits per heavy atom. The molecule has 0 saturated carbocycles. The standard InChI is InChI=1S/C80H70N4O/c1-77(2,3)54-41-42-81-74(47-54)84-70-36-17-13-27-61(70)62-40-39-59(49-73(62)84)85-58-26-20-25-57(48-58)82-50-83(72-38-19-18-37-71(72)82)76-60(53-44-55(78(4,5)6)46-56(45-53)79(7,8)9)29-21-31-64(76)63-30-22-35-69-75(63)65-28-12-16-34-68(65)80(69)66-32-14-10-23-51(66)43-52-24-11-15-33-67(52)80/h10-42,44-49H,43,50H2,1-9H3/i43D2. The van der Waals surface area contributed by atoms with Gasteiger partial charge in [0.15, 0.2) is 0 Å². The summed E-state index contributed by atoms with van der Waals surface area (Å²) in [6.45, 7) is 21.2. The van der Waals surface area contributed by atoms with Gasteiger partial charge in [0.05, 0.1) is 33.5 Å². The van der Waals surface area contributed by atoms with Crippen molar-refractivity contribution in [3.8, 4) is 50.7 Å². The van der Waals surface area contributed by atoms with Gasteiger partial charge >= 0.3 is 0 Å². The highest BCUT2D eigenvalue weighted by atomic mass is 16.5. The third-order valence-electron chi connectivity index (χ3n) is 18.2. The maximum Gasteiger partial charge on any atom is 0.137 e. The molecule has 0 radical (unpaired) electrons. The lowest BCUT2D eigenvalue weighted by atomic mass is 9.61. The fourth-order valence-corrected chi connectivity index (χ4v) is 13.9. The summed E-state index contributed by atoms with van der Waals surface area (Å²) in [6.07, 6.45) is 0.228. The van der Waals surface area contributed by atoms with Crippen molar-refractivity contribution >= 4 is 44.6 Å². The predicted octanol–water partition coefficient (Wildman–Crippen LogP) is 20.7. The normalized spacial score (nSPS) is 15.1. The van der Waals surface area contributed by atoms with Gasteiger partial charge in [-0.05, 0) is 150 Å². The summed E-state index contributed by atoms with van der Waals surface area (Å²) in [4.78, 5) is 9.91. The number of hydrogen-bond acceptors (Lipinski definition) is 4. The minimum atomic E-state index is -1.70. The van der Waals surface area contributed by atoms with E-state index in [9.17, 15) is 2.74 Å². The molecule has 0 N–H and O–H groups in total. The molecule has 1 aliphatic heterocycles. The van der Waals surface area contributed by atoms with E-state index in [1.807, 2.05) is 30.5 Å². The van der Waals surface area contributed by atoms with Gasteiger partial charge in [-0.15, -0.1) is 0 Å². The van der Waals surface area contributed by atoms with E-state index in [2.05, 4.69) is 283 Å². The average molecular weight is 1110 g/mol. The molecule has 0 fully saturated rings. The third kappa shape index (κ3) is 8.37. The van der Waals surface area contributed by atoms with Crippen molar-refractivity contribution in [3.63, 3.8) is 0 Å². The summed E-state index contributed by atoms with van der Waals surface area (Å²) in [7, 11) is 0. The fraction of sp³-hybridized carbons (Fsp3) is 0.188. The molecule has 5 heteroatoms. The first-order chi connectivity index (χ1) is 41.8. The topological polar surface area (TPSA) is 33.5 Å². The summed E-state index contributed by atoms with van der Waals surface area (Å²) in [5.74, 6) is 2.35. The van der Waals surface area contributed by atoms with Crippen molar-refractivity contribution in [1.82, 2.24) is 9.55 Å². The number of anilines is 4. The maximum atomic E-state index is 9.76. The molecule has 0 unspecified atom stereocenters. The molecule has 12 aromatic rings. The van der Waals surface area contributed by atoms with Crippen molar-refractivity contribution < 1.29 is 7.48 Å². The summed E-state index contributed by atoms with van der Waals surface area (Å²) in [6, 6.07) is 83.1. The lowest BCUT2D eigenvalue weighted by Crippen LogP contribution is -2.34. The van der Waals surface area contributed by atoms with Crippen LogP contribution in [0.5, 0.6) is 11.5 Å². The first-order valence-corrected chi connectivity index (χ1v) is 30.0. The average Bonchev–Trinajstić information content (AvgIpc) is 1.59. The predicted molar refractivity (Wildman–Crippen MR) is 354 cm³/mol. The Hall–Kier alpha value is -9.45. The minimum Gasteiger partial charge on any atom is -0.457 e. The Morgan fingerprint density at radius 2 is 1.00 bits per heavy atom. The van der Waals surface area contributed by atoms with E-state index in [4.69, 9.17) is 9.72 Å². The van der Waals surface area contributed by atoms with Gasteiger partial charge in [-0.2, -0.15) is 0 Å². The zero-order valence-electron chi connectivity index (χ0n) is 51.9. The molecule has 2 aromatic heterocycles.